The monoisotopic (exact) mass is 473 g/mol. The van der Waals surface area contributed by atoms with Gasteiger partial charge in [0.25, 0.3) is 5.91 Å². The van der Waals surface area contributed by atoms with E-state index in [-0.39, 0.29) is 18.5 Å². The molecule has 1 aromatic carbocycles. The summed E-state index contributed by atoms with van der Waals surface area (Å²) in [6.45, 7) is 4.24. The first-order valence-electron chi connectivity index (χ1n) is 9.31. The Kier molecular flexibility index (Phi) is 5.26. The number of nitrogens with zero attached hydrogens (tertiary/aromatic N) is 3. The molecule has 150 valence electrons. The fourth-order valence-corrected chi connectivity index (χ4v) is 4.80. The zero-order valence-corrected chi connectivity index (χ0v) is 18.4. The van der Waals surface area contributed by atoms with E-state index in [1.54, 1.807) is 24.5 Å². The van der Waals surface area contributed by atoms with E-state index in [9.17, 15) is 9.59 Å². The maximum absolute atomic E-state index is 12.5. The third-order valence-electron chi connectivity index (χ3n) is 5.07. The smallest absolute Gasteiger partial charge is 0.325 e. The van der Waals surface area contributed by atoms with Crippen molar-refractivity contribution in [3.05, 3.63) is 41.0 Å². The molecule has 1 aliphatic heterocycles. The Balaban J connectivity index is 1.47. The van der Waals surface area contributed by atoms with Crippen LogP contribution in [0.25, 0.3) is 20.7 Å². The molecule has 1 unspecified atom stereocenters. The molecular weight excluding hydrogens is 454 g/mol. The molecule has 2 aromatic heterocycles. The largest absolute Gasteiger partial charge is 0.352 e. The molecule has 0 aliphatic carbocycles. The Morgan fingerprint density at radius 1 is 1.31 bits per heavy atom. The number of hydrogen-bond donors (Lipinski definition) is 2. The average Bonchev–Trinajstić information content (AvgIpc) is 3.23. The number of aromatic nitrogens is 2. The molecule has 4 rings (SSSR count). The lowest BCUT2D eigenvalue weighted by Crippen LogP contribution is -2.43. The summed E-state index contributed by atoms with van der Waals surface area (Å²) in [5.74, 6) is 0.250. The van der Waals surface area contributed by atoms with Gasteiger partial charge in [-0.15, -0.1) is 11.3 Å². The number of imide groups is 1. The van der Waals surface area contributed by atoms with Crippen LogP contribution in [0.15, 0.2) is 41.0 Å². The van der Waals surface area contributed by atoms with Crippen molar-refractivity contribution in [2.45, 2.75) is 25.8 Å². The minimum absolute atomic E-state index is 0.200. The summed E-state index contributed by atoms with van der Waals surface area (Å²) in [5, 5.41) is 7.04. The Labute approximate surface area is 180 Å². The molecule has 1 fully saturated rings. The normalized spacial score (nSPS) is 19.1. The zero-order chi connectivity index (χ0) is 20.6. The molecule has 0 saturated carbocycles. The summed E-state index contributed by atoms with van der Waals surface area (Å²) in [5.41, 5.74) is -0.0169. The third kappa shape index (κ3) is 3.72. The van der Waals surface area contributed by atoms with Gasteiger partial charge in [0.2, 0.25) is 5.95 Å². The number of rotatable bonds is 6. The van der Waals surface area contributed by atoms with Gasteiger partial charge in [-0.05, 0) is 46.8 Å². The maximum atomic E-state index is 12.5. The summed E-state index contributed by atoms with van der Waals surface area (Å²) in [6.07, 6.45) is 2.26. The molecule has 3 amide bonds. The lowest BCUT2D eigenvalue weighted by molar-refractivity contribution is -0.130. The van der Waals surface area contributed by atoms with Crippen LogP contribution in [0.2, 0.25) is 0 Å². The highest BCUT2D eigenvalue weighted by atomic mass is 79.9. The van der Waals surface area contributed by atoms with Crippen molar-refractivity contribution in [1.29, 1.82) is 0 Å². The Morgan fingerprint density at radius 3 is 2.83 bits per heavy atom. The molecule has 0 bridgehead atoms. The van der Waals surface area contributed by atoms with Crippen LogP contribution < -0.4 is 10.6 Å². The number of carbonyl (C=O) groups excluding carboxylic acids is 2. The van der Waals surface area contributed by atoms with Crippen molar-refractivity contribution in [3.63, 3.8) is 0 Å². The van der Waals surface area contributed by atoms with Gasteiger partial charge in [-0.2, -0.15) is 0 Å². The minimum atomic E-state index is -0.820. The number of halogens is 1. The third-order valence-corrected chi connectivity index (χ3v) is 6.78. The van der Waals surface area contributed by atoms with Crippen LogP contribution in [0.5, 0.6) is 0 Å². The van der Waals surface area contributed by atoms with E-state index < -0.39 is 5.54 Å². The molecule has 1 atom stereocenters. The lowest BCUT2D eigenvalue weighted by atomic mass is 9.99. The van der Waals surface area contributed by atoms with E-state index in [0.29, 0.717) is 18.9 Å². The molecule has 0 radical (unpaired) electrons. The first kappa shape index (κ1) is 19.8. The summed E-state index contributed by atoms with van der Waals surface area (Å²) in [6, 6.07) is 9.94. The van der Waals surface area contributed by atoms with Crippen LogP contribution in [0.4, 0.5) is 10.7 Å². The Morgan fingerprint density at radius 2 is 2.10 bits per heavy atom. The van der Waals surface area contributed by atoms with E-state index in [1.807, 2.05) is 19.1 Å². The van der Waals surface area contributed by atoms with Gasteiger partial charge in [0, 0.05) is 24.0 Å². The molecule has 29 heavy (non-hydrogen) atoms. The van der Waals surface area contributed by atoms with Crippen molar-refractivity contribution in [2.24, 2.45) is 0 Å². The second kappa shape index (κ2) is 7.72. The molecule has 3 heterocycles. The number of nitrogens with one attached hydrogen (secondary N) is 2. The van der Waals surface area contributed by atoms with Gasteiger partial charge in [-0.3, -0.25) is 9.69 Å². The van der Waals surface area contributed by atoms with E-state index in [0.717, 1.165) is 15.0 Å². The molecule has 3 aromatic rings. The summed E-state index contributed by atoms with van der Waals surface area (Å²) >= 11 is 5.20. The van der Waals surface area contributed by atoms with Gasteiger partial charge in [-0.1, -0.05) is 25.1 Å². The molecule has 1 saturated heterocycles. The van der Waals surface area contributed by atoms with E-state index >= 15 is 0 Å². The number of anilines is 1. The summed E-state index contributed by atoms with van der Waals surface area (Å²) in [4.78, 5) is 35.8. The van der Waals surface area contributed by atoms with Crippen LogP contribution in [0.3, 0.4) is 0 Å². The second-order valence-corrected chi connectivity index (χ2v) is 8.98. The van der Waals surface area contributed by atoms with Crippen molar-refractivity contribution >= 4 is 55.2 Å². The number of thiophene rings is 1. The molecule has 9 heteroatoms. The number of hydrogen-bond acceptors (Lipinski definition) is 6. The quantitative estimate of drug-likeness (QED) is 0.522. The first-order valence-corrected chi connectivity index (χ1v) is 10.9. The predicted molar refractivity (Wildman–Crippen MR) is 118 cm³/mol. The van der Waals surface area contributed by atoms with E-state index in [2.05, 4.69) is 54.7 Å². The predicted octanol–water partition coefficient (Wildman–Crippen LogP) is 4.25. The zero-order valence-electron chi connectivity index (χ0n) is 16.0. The van der Waals surface area contributed by atoms with Crippen LogP contribution in [0, 0.1) is 0 Å². The molecule has 2 N–H and O–H groups in total. The average molecular weight is 474 g/mol. The number of urea groups is 1. The van der Waals surface area contributed by atoms with Crippen LogP contribution in [-0.4, -0.2) is 45.4 Å². The number of benzene rings is 1. The highest BCUT2D eigenvalue weighted by Gasteiger charge is 2.46. The number of fused-ring (bicyclic) bond motifs is 1. The molecule has 1 aliphatic rings. The second-order valence-electron chi connectivity index (χ2n) is 7.04. The molecule has 7 nitrogen and oxygen atoms in total. The topological polar surface area (TPSA) is 87.2 Å². The van der Waals surface area contributed by atoms with Gasteiger partial charge < -0.3 is 10.6 Å². The van der Waals surface area contributed by atoms with Crippen molar-refractivity contribution in [3.8, 4) is 10.6 Å². The standard InChI is InChI=1S/C20H20BrN5O2S/c1-3-20(2)17(27)26(19(28)25-20)9-8-22-18-23-11-13(21)16(24-18)15-10-12-6-4-5-7-14(12)29-15/h4-7,10-11H,3,8-9H2,1-2H3,(H,25,28)(H,22,23,24). The van der Waals surface area contributed by atoms with Gasteiger partial charge in [0.1, 0.15) is 11.2 Å². The number of amides is 3. The fourth-order valence-electron chi connectivity index (χ4n) is 3.19. The SMILES string of the molecule is CCC1(C)NC(=O)N(CCNc2ncc(Br)c(-c3cc4ccccc4s3)n2)C1=O. The van der Waals surface area contributed by atoms with Gasteiger partial charge in [0.05, 0.1) is 9.35 Å². The van der Waals surface area contributed by atoms with Gasteiger partial charge in [0.15, 0.2) is 0 Å². The van der Waals surface area contributed by atoms with Gasteiger partial charge >= 0.3 is 6.03 Å². The molecule has 0 spiro atoms. The highest BCUT2D eigenvalue weighted by Crippen LogP contribution is 2.36. The highest BCUT2D eigenvalue weighted by molar-refractivity contribution is 9.10. The summed E-state index contributed by atoms with van der Waals surface area (Å²) < 4.78 is 2.00. The van der Waals surface area contributed by atoms with Gasteiger partial charge in [-0.25, -0.2) is 14.8 Å². The minimum Gasteiger partial charge on any atom is -0.352 e. The number of carbonyl (C=O) groups is 2. The van der Waals surface area contributed by atoms with Crippen molar-refractivity contribution < 1.29 is 9.59 Å². The Bertz CT molecular complexity index is 1070. The van der Waals surface area contributed by atoms with Crippen LogP contribution in [-0.2, 0) is 4.79 Å². The maximum Gasteiger partial charge on any atom is 0.325 e. The molecular formula is C20H20BrN5O2S. The summed E-state index contributed by atoms with van der Waals surface area (Å²) in [7, 11) is 0. The van der Waals surface area contributed by atoms with E-state index in [1.165, 1.54) is 15.0 Å². The van der Waals surface area contributed by atoms with Crippen molar-refractivity contribution in [2.75, 3.05) is 18.4 Å². The van der Waals surface area contributed by atoms with E-state index in [4.69, 9.17) is 0 Å². The van der Waals surface area contributed by atoms with Crippen LogP contribution in [0.1, 0.15) is 20.3 Å². The lowest BCUT2D eigenvalue weighted by Gasteiger charge is -2.19. The van der Waals surface area contributed by atoms with Crippen LogP contribution >= 0.6 is 27.3 Å². The first-order chi connectivity index (χ1) is 13.9. The Hall–Kier alpha value is -2.52. The van der Waals surface area contributed by atoms with Crippen molar-refractivity contribution in [1.82, 2.24) is 20.2 Å². The fraction of sp³-hybridized carbons (Fsp3) is 0.300.